The van der Waals surface area contributed by atoms with E-state index in [9.17, 15) is 4.79 Å². The number of carbonyl (C=O) groups excluding carboxylic acids is 1. The highest BCUT2D eigenvalue weighted by atomic mass is 16.1. The van der Waals surface area contributed by atoms with E-state index < -0.39 is 0 Å². The lowest BCUT2D eigenvalue weighted by Crippen LogP contribution is -2.27. The second-order valence-corrected chi connectivity index (χ2v) is 6.17. The number of hydrogen-bond donors (Lipinski definition) is 1. The first-order valence-corrected chi connectivity index (χ1v) is 7.56. The maximum absolute atomic E-state index is 12.1. The van der Waals surface area contributed by atoms with Crippen molar-refractivity contribution >= 4 is 5.91 Å². The molecule has 2 aromatic rings. The van der Waals surface area contributed by atoms with E-state index in [1.54, 1.807) is 24.5 Å². The number of nitrogens with one attached hydrogen (secondary N) is 1. The zero-order valence-electron chi connectivity index (χ0n) is 11.9. The van der Waals surface area contributed by atoms with Crippen molar-refractivity contribution in [2.75, 3.05) is 6.54 Å². The molecule has 3 nitrogen and oxygen atoms in total. The largest absolute Gasteiger partial charge is 0.352 e. The van der Waals surface area contributed by atoms with E-state index in [0.29, 0.717) is 16.9 Å². The van der Waals surface area contributed by atoms with Crippen molar-refractivity contribution in [3.8, 4) is 0 Å². The number of nitrogens with zero attached hydrogens (tertiary/aromatic N) is 1. The van der Waals surface area contributed by atoms with Crippen molar-refractivity contribution < 1.29 is 4.79 Å². The lowest BCUT2D eigenvalue weighted by atomic mass is 9.95. The number of rotatable bonds is 3. The zero-order valence-corrected chi connectivity index (χ0v) is 11.9. The molecule has 0 aliphatic heterocycles. The summed E-state index contributed by atoms with van der Waals surface area (Å²) in [6.07, 6.45) is 6.92. The number of pyridine rings is 1. The van der Waals surface area contributed by atoms with Crippen molar-refractivity contribution in [2.24, 2.45) is 5.92 Å². The molecule has 1 aromatic carbocycles. The standard InChI is InChI=1S/C18H18N2O/c21-17(14-5-3-9-19-11-14)20-12-15-10-18(15)8-7-13-4-1-2-6-16(13)18/h1-6,9,11,15H,7-8,10,12H2,(H,20,21). The SMILES string of the molecule is O=C(NCC1CC12CCc1ccccc12)c1cccnc1. The molecule has 0 radical (unpaired) electrons. The van der Waals surface area contributed by atoms with Gasteiger partial charge in [0.2, 0.25) is 0 Å². The molecule has 1 aromatic heterocycles. The van der Waals surface area contributed by atoms with Gasteiger partial charge in [-0.25, -0.2) is 0 Å². The smallest absolute Gasteiger partial charge is 0.252 e. The summed E-state index contributed by atoms with van der Waals surface area (Å²) in [6, 6.07) is 12.4. The fraction of sp³-hybridized carbons (Fsp3) is 0.333. The predicted molar refractivity (Wildman–Crippen MR) is 81.1 cm³/mol. The van der Waals surface area contributed by atoms with Crippen LogP contribution in [-0.4, -0.2) is 17.4 Å². The molecule has 2 unspecified atom stereocenters. The van der Waals surface area contributed by atoms with Crippen LogP contribution in [0.2, 0.25) is 0 Å². The van der Waals surface area contributed by atoms with Crippen LogP contribution in [0.25, 0.3) is 0 Å². The number of carbonyl (C=O) groups is 1. The van der Waals surface area contributed by atoms with Crippen LogP contribution in [0.4, 0.5) is 0 Å². The summed E-state index contributed by atoms with van der Waals surface area (Å²) < 4.78 is 0. The predicted octanol–water partition coefficient (Wildman–Crippen LogP) is 2.72. The summed E-state index contributed by atoms with van der Waals surface area (Å²) in [5.41, 5.74) is 4.00. The summed E-state index contributed by atoms with van der Waals surface area (Å²) in [5, 5.41) is 3.06. The quantitative estimate of drug-likeness (QED) is 0.938. The van der Waals surface area contributed by atoms with Crippen LogP contribution in [0.3, 0.4) is 0 Å². The van der Waals surface area contributed by atoms with Crippen molar-refractivity contribution in [3.05, 3.63) is 65.5 Å². The van der Waals surface area contributed by atoms with Gasteiger partial charge >= 0.3 is 0 Å². The van der Waals surface area contributed by atoms with Gasteiger partial charge in [0, 0.05) is 24.4 Å². The van der Waals surface area contributed by atoms with Crippen LogP contribution in [0.5, 0.6) is 0 Å². The lowest BCUT2D eigenvalue weighted by Gasteiger charge is -2.12. The molecule has 2 aliphatic carbocycles. The molecule has 106 valence electrons. The molecule has 3 heteroatoms. The Kier molecular flexibility index (Phi) is 2.81. The molecule has 1 saturated carbocycles. The first-order chi connectivity index (χ1) is 10.3. The Bertz CT molecular complexity index is 683. The molecular formula is C18H18N2O. The van der Waals surface area contributed by atoms with Gasteiger partial charge in [0.05, 0.1) is 5.56 Å². The van der Waals surface area contributed by atoms with Gasteiger partial charge in [0.25, 0.3) is 5.91 Å². The number of benzene rings is 1. The summed E-state index contributed by atoms with van der Waals surface area (Å²) in [7, 11) is 0. The molecule has 1 amide bonds. The van der Waals surface area contributed by atoms with E-state index in [4.69, 9.17) is 0 Å². The Morgan fingerprint density at radius 2 is 2.19 bits per heavy atom. The van der Waals surface area contributed by atoms with E-state index in [2.05, 4.69) is 34.6 Å². The lowest BCUT2D eigenvalue weighted by molar-refractivity contribution is 0.0950. The first-order valence-electron chi connectivity index (χ1n) is 7.56. The minimum absolute atomic E-state index is 0.0172. The van der Waals surface area contributed by atoms with Crippen molar-refractivity contribution in [1.29, 1.82) is 0 Å². The maximum atomic E-state index is 12.1. The molecule has 1 fully saturated rings. The number of fused-ring (bicyclic) bond motifs is 2. The Labute approximate surface area is 124 Å². The highest BCUT2D eigenvalue weighted by Gasteiger charge is 2.57. The fourth-order valence-electron chi connectivity index (χ4n) is 3.82. The third-order valence-corrected chi connectivity index (χ3v) is 5.06. The molecule has 21 heavy (non-hydrogen) atoms. The van der Waals surface area contributed by atoms with E-state index >= 15 is 0 Å². The molecule has 2 atom stereocenters. The van der Waals surface area contributed by atoms with Crippen molar-refractivity contribution in [3.63, 3.8) is 0 Å². The van der Waals surface area contributed by atoms with Gasteiger partial charge in [0.15, 0.2) is 0 Å². The minimum Gasteiger partial charge on any atom is -0.352 e. The first kappa shape index (κ1) is 12.6. The van der Waals surface area contributed by atoms with Gasteiger partial charge in [-0.05, 0) is 48.4 Å². The van der Waals surface area contributed by atoms with E-state index in [-0.39, 0.29) is 5.91 Å². The summed E-state index contributed by atoms with van der Waals surface area (Å²) in [4.78, 5) is 16.1. The van der Waals surface area contributed by atoms with Gasteiger partial charge in [-0.3, -0.25) is 9.78 Å². The van der Waals surface area contributed by atoms with Crippen molar-refractivity contribution in [1.82, 2.24) is 10.3 Å². The summed E-state index contributed by atoms with van der Waals surface area (Å²) in [5.74, 6) is 0.568. The van der Waals surface area contributed by atoms with E-state index in [0.717, 1.165) is 6.54 Å². The average Bonchev–Trinajstić information content (AvgIpc) is 3.13. The van der Waals surface area contributed by atoms with Crippen LogP contribution in [0.1, 0.15) is 34.3 Å². The maximum Gasteiger partial charge on any atom is 0.252 e. The second-order valence-electron chi connectivity index (χ2n) is 6.17. The highest BCUT2D eigenvalue weighted by Crippen LogP contribution is 2.61. The topological polar surface area (TPSA) is 42.0 Å². The normalized spacial score (nSPS) is 25.6. The number of amides is 1. The van der Waals surface area contributed by atoms with Crippen molar-refractivity contribution in [2.45, 2.75) is 24.7 Å². The minimum atomic E-state index is -0.0172. The van der Waals surface area contributed by atoms with Gasteiger partial charge in [-0.15, -0.1) is 0 Å². The van der Waals surface area contributed by atoms with Crippen LogP contribution in [0.15, 0.2) is 48.8 Å². The molecule has 0 bridgehead atoms. The van der Waals surface area contributed by atoms with Gasteiger partial charge in [-0.1, -0.05) is 24.3 Å². The summed E-state index contributed by atoms with van der Waals surface area (Å²) in [6.45, 7) is 0.766. The van der Waals surface area contributed by atoms with Crippen LogP contribution >= 0.6 is 0 Å². The molecule has 1 heterocycles. The number of aromatic nitrogens is 1. The summed E-state index contributed by atoms with van der Waals surface area (Å²) >= 11 is 0. The Hall–Kier alpha value is -2.16. The third-order valence-electron chi connectivity index (χ3n) is 5.06. The van der Waals surface area contributed by atoms with E-state index in [1.165, 1.54) is 30.4 Å². The van der Waals surface area contributed by atoms with Crippen LogP contribution in [0, 0.1) is 5.92 Å². The Morgan fingerprint density at radius 1 is 1.29 bits per heavy atom. The molecule has 2 aliphatic rings. The monoisotopic (exact) mass is 278 g/mol. The third kappa shape index (κ3) is 2.04. The molecule has 4 rings (SSSR count). The second kappa shape index (κ2) is 4.69. The fourth-order valence-corrected chi connectivity index (χ4v) is 3.82. The molecular weight excluding hydrogens is 260 g/mol. The zero-order chi connectivity index (χ0) is 14.3. The Balaban J connectivity index is 1.42. The van der Waals surface area contributed by atoms with Gasteiger partial charge in [0.1, 0.15) is 0 Å². The van der Waals surface area contributed by atoms with Gasteiger partial charge < -0.3 is 5.32 Å². The number of hydrogen-bond acceptors (Lipinski definition) is 2. The van der Waals surface area contributed by atoms with Crippen LogP contribution < -0.4 is 5.32 Å². The molecule has 0 saturated heterocycles. The number of aryl methyl sites for hydroxylation is 1. The van der Waals surface area contributed by atoms with Gasteiger partial charge in [-0.2, -0.15) is 0 Å². The Morgan fingerprint density at radius 3 is 3.05 bits per heavy atom. The molecule has 1 spiro atoms. The molecule has 1 N–H and O–H groups in total. The average molecular weight is 278 g/mol. The van der Waals surface area contributed by atoms with E-state index in [1.807, 2.05) is 0 Å². The van der Waals surface area contributed by atoms with Crippen LogP contribution in [-0.2, 0) is 11.8 Å². The highest BCUT2D eigenvalue weighted by molar-refractivity contribution is 5.93.